The first-order valence-electron chi connectivity index (χ1n) is 9.80. The topological polar surface area (TPSA) is 70.6 Å². The summed E-state index contributed by atoms with van der Waals surface area (Å²) >= 11 is 0. The van der Waals surface area contributed by atoms with Crippen molar-refractivity contribution in [3.8, 4) is 0 Å². The fourth-order valence-corrected chi connectivity index (χ4v) is 6.78. The van der Waals surface area contributed by atoms with Crippen LogP contribution in [0.2, 0.25) is 0 Å². The molecule has 5 nitrogen and oxygen atoms in total. The predicted octanol–water partition coefficient (Wildman–Crippen LogP) is 3.34. The van der Waals surface area contributed by atoms with E-state index in [4.69, 9.17) is 4.99 Å². The number of rotatable bonds is 4. The Bertz CT molecular complexity index is 611. The summed E-state index contributed by atoms with van der Waals surface area (Å²) in [6.45, 7) is 10.0. The lowest BCUT2D eigenvalue weighted by atomic mass is 9.63. The Kier molecular flexibility index (Phi) is 6.96. The third kappa shape index (κ3) is 6.84. The zero-order chi connectivity index (χ0) is 18.3. The van der Waals surface area contributed by atoms with Gasteiger partial charge in [0, 0.05) is 18.6 Å². The van der Waals surface area contributed by atoms with Crippen molar-refractivity contribution in [2.75, 3.05) is 18.1 Å². The van der Waals surface area contributed by atoms with E-state index in [1.165, 1.54) is 19.3 Å². The molecule has 2 aliphatic carbocycles. The molecule has 0 aromatic rings. The Labute approximate surface area is 176 Å². The number of halogens is 1. The monoisotopic (exact) mass is 497 g/mol. The van der Waals surface area contributed by atoms with Crippen LogP contribution in [0.15, 0.2) is 4.99 Å². The summed E-state index contributed by atoms with van der Waals surface area (Å²) in [5.74, 6) is 1.71. The zero-order valence-corrected chi connectivity index (χ0v) is 19.8. The zero-order valence-electron chi connectivity index (χ0n) is 16.7. The molecule has 3 fully saturated rings. The van der Waals surface area contributed by atoms with Crippen LogP contribution in [0, 0.1) is 16.7 Å². The highest BCUT2D eigenvalue weighted by atomic mass is 127. The van der Waals surface area contributed by atoms with Gasteiger partial charge < -0.3 is 10.6 Å². The quantitative estimate of drug-likeness (QED) is 0.355. The molecule has 1 unspecified atom stereocenters. The van der Waals surface area contributed by atoms with Crippen molar-refractivity contribution >= 4 is 39.8 Å². The fraction of sp³-hybridized carbons (Fsp3) is 0.947. The molecule has 3 aliphatic rings. The molecule has 1 saturated heterocycles. The second kappa shape index (κ2) is 8.13. The van der Waals surface area contributed by atoms with Crippen LogP contribution in [-0.2, 0) is 9.84 Å². The lowest BCUT2D eigenvalue weighted by Gasteiger charge is -2.45. The van der Waals surface area contributed by atoms with Crippen molar-refractivity contribution in [1.29, 1.82) is 0 Å². The van der Waals surface area contributed by atoms with Gasteiger partial charge in [-0.2, -0.15) is 0 Å². The van der Waals surface area contributed by atoms with Crippen LogP contribution in [0.3, 0.4) is 0 Å². The minimum atomic E-state index is -2.82. The Balaban J connectivity index is 0.00000243. The number of guanidine groups is 1. The molecular weight excluding hydrogens is 461 g/mol. The maximum atomic E-state index is 11.7. The van der Waals surface area contributed by atoms with Gasteiger partial charge in [0.25, 0.3) is 0 Å². The van der Waals surface area contributed by atoms with E-state index in [-0.39, 0.29) is 29.9 Å². The normalized spacial score (nSPS) is 30.5. The minimum absolute atomic E-state index is 0. The number of hydrogen-bond acceptors (Lipinski definition) is 3. The predicted molar refractivity (Wildman–Crippen MR) is 119 cm³/mol. The van der Waals surface area contributed by atoms with Crippen molar-refractivity contribution in [2.45, 2.75) is 78.3 Å². The molecule has 3 rings (SSSR count). The van der Waals surface area contributed by atoms with Crippen molar-refractivity contribution in [1.82, 2.24) is 10.6 Å². The van der Waals surface area contributed by atoms with Crippen LogP contribution in [-0.4, -0.2) is 44.5 Å². The van der Waals surface area contributed by atoms with Gasteiger partial charge in [0.1, 0.15) is 0 Å². The van der Waals surface area contributed by atoms with E-state index in [1.807, 2.05) is 0 Å². The van der Waals surface area contributed by atoms with Crippen LogP contribution >= 0.6 is 24.0 Å². The standard InChI is InChI=1S/C19H35N3O2S.HI/c1-18(2)9-16(10-19(3,4)13-18)22-17(21-15-5-6-15)20-11-14-7-8-25(23,24)12-14;/h14-16H,5-13H2,1-4H3,(H2,20,21,22);1H. The van der Waals surface area contributed by atoms with Crippen LogP contribution in [0.25, 0.3) is 0 Å². The maximum Gasteiger partial charge on any atom is 0.191 e. The van der Waals surface area contributed by atoms with Crippen LogP contribution < -0.4 is 10.6 Å². The Morgan fingerprint density at radius 2 is 1.58 bits per heavy atom. The van der Waals surface area contributed by atoms with Crippen LogP contribution in [0.1, 0.15) is 66.2 Å². The fourth-order valence-electron chi connectivity index (χ4n) is 4.93. The summed E-state index contributed by atoms with van der Waals surface area (Å²) in [4.78, 5) is 4.77. The average Bonchev–Trinajstić information content (AvgIpc) is 3.15. The number of nitrogens with zero attached hydrogens (tertiary/aromatic N) is 1. The van der Waals surface area contributed by atoms with Gasteiger partial charge in [-0.1, -0.05) is 27.7 Å². The van der Waals surface area contributed by atoms with E-state index in [9.17, 15) is 8.42 Å². The third-order valence-electron chi connectivity index (χ3n) is 5.65. The van der Waals surface area contributed by atoms with Crippen molar-refractivity contribution in [3.63, 3.8) is 0 Å². The van der Waals surface area contributed by atoms with E-state index in [2.05, 4.69) is 38.3 Å². The SMILES string of the molecule is CC1(C)CC(NC(=NCC2CCS(=O)(=O)C2)NC2CC2)CC(C)(C)C1.I. The second-order valence-electron chi connectivity index (χ2n) is 10.1. The second-order valence-corrected chi connectivity index (χ2v) is 12.4. The van der Waals surface area contributed by atoms with E-state index in [0.29, 0.717) is 41.0 Å². The number of nitrogens with one attached hydrogen (secondary N) is 2. The highest BCUT2D eigenvalue weighted by Gasteiger charge is 2.39. The van der Waals surface area contributed by atoms with Crippen LogP contribution in [0.4, 0.5) is 0 Å². The molecule has 0 amide bonds. The van der Waals surface area contributed by atoms with E-state index < -0.39 is 9.84 Å². The molecule has 2 saturated carbocycles. The molecule has 7 heteroatoms. The number of sulfone groups is 1. The summed E-state index contributed by atoms with van der Waals surface area (Å²) in [6.07, 6.45) is 6.73. The third-order valence-corrected chi connectivity index (χ3v) is 7.49. The van der Waals surface area contributed by atoms with Gasteiger partial charge in [0.05, 0.1) is 11.5 Å². The molecule has 26 heavy (non-hydrogen) atoms. The molecule has 0 spiro atoms. The Hall–Kier alpha value is -0.0500. The summed E-state index contributed by atoms with van der Waals surface area (Å²) in [5, 5.41) is 7.20. The maximum absolute atomic E-state index is 11.7. The molecule has 0 aromatic carbocycles. The molecule has 2 N–H and O–H groups in total. The van der Waals surface area contributed by atoms with Gasteiger partial charge in [-0.05, 0) is 55.3 Å². The Morgan fingerprint density at radius 3 is 2.08 bits per heavy atom. The van der Waals surface area contributed by atoms with Gasteiger partial charge in [-0.25, -0.2) is 8.42 Å². The van der Waals surface area contributed by atoms with Gasteiger partial charge in [-0.3, -0.25) is 4.99 Å². The van der Waals surface area contributed by atoms with Gasteiger partial charge in [0.15, 0.2) is 15.8 Å². The highest BCUT2D eigenvalue weighted by Crippen LogP contribution is 2.45. The van der Waals surface area contributed by atoms with Crippen molar-refractivity contribution in [3.05, 3.63) is 0 Å². The highest BCUT2D eigenvalue weighted by molar-refractivity contribution is 14.0. The van der Waals surface area contributed by atoms with E-state index in [1.54, 1.807) is 0 Å². The van der Waals surface area contributed by atoms with Crippen LogP contribution in [0.5, 0.6) is 0 Å². The molecule has 0 aromatic heterocycles. The first-order chi connectivity index (χ1) is 11.5. The average molecular weight is 497 g/mol. The first kappa shape index (κ1) is 22.2. The molecular formula is C19H36IN3O2S. The van der Waals surface area contributed by atoms with Gasteiger partial charge in [-0.15, -0.1) is 24.0 Å². The molecule has 0 radical (unpaired) electrons. The lowest BCUT2D eigenvalue weighted by Crippen LogP contribution is -2.50. The lowest BCUT2D eigenvalue weighted by molar-refractivity contribution is 0.0918. The largest absolute Gasteiger partial charge is 0.354 e. The van der Waals surface area contributed by atoms with E-state index >= 15 is 0 Å². The molecule has 1 atom stereocenters. The van der Waals surface area contributed by atoms with Gasteiger partial charge >= 0.3 is 0 Å². The Morgan fingerprint density at radius 1 is 1.00 bits per heavy atom. The first-order valence-corrected chi connectivity index (χ1v) is 11.6. The van der Waals surface area contributed by atoms with E-state index in [0.717, 1.165) is 25.2 Å². The molecule has 1 aliphatic heterocycles. The number of hydrogen-bond donors (Lipinski definition) is 2. The van der Waals surface area contributed by atoms with Gasteiger partial charge in [0.2, 0.25) is 0 Å². The molecule has 1 heterocycles. The van der Waals surface area contributed by atoms with Crippen molar-refractivity contribution < 1.29 is 8.42 Å². The summed E-state index contributed by atoms with van der Waals surface area (Å²) < 4.78 is 23.3. The summed E-state index contributed by atoms with van der Waals surface area (Å²) in [5.41, 5.74) is 0.674. The number of aliphatic imine (C=N–C) groups is 1. The van der Waals surface area contributed by atoms with Crippen molar-refractivity contribution in [2.24, 2.45) is 21.7 Å². The molecule has 0 bridgehead atoms. The smallest absolute Gasteiger partial charge is 0.191 e. The summed E-state index contributed by atoms with van der Waals surface area (Å²) in [7, 11) is -2.82. The summed E-state index contributed by atoms with van der Waals surface area (Å²) in [6, 6.07) is 0.972. The molecule has 152 valence electrons. The minimum Gasteiger partial charge on any atom is -0.354 e.